The van der Waals surface area contributed by atoms with Crippen LogP contribution in [0.15, 0.2) is 48.9 Å². The minimum Gasteiger partial charge on any atom is -0.462 e. The van der Waals surface area contributed by atoms with Crippen molar-refractivity contribution in [3.63, 3.8) is 0 Å². The van der Waals surface area contributed by atoms with Gasteiger partial charge in [-0.25, -0.2) is 11.0 Å². The minimum atomic E-state index is -0.645. The monoisotopic (exact) mass is 644 g/mol. The number of ether oxygens (including phenoxy) is 2. The molecule has 0 saturated carbocycles. The fourth-order valence-electron chi connectivity index (χ4n) is 6.18. The van der Waals surface area contributed by atoms with Crippen LogP contribution in [0.25, 0.3) is 37.8 Å². The van der Waals surface area contributed by atoms with Crippen LogP contribution in [0, 0.1) is 12.4 Å². The quantitative estimate of drug-likeness (QED) is 0.190. The van der Waals surface area contributed by atoms with Gasteiger partial charge in [0.05, 0.1) is 12.0 Å². The molecule has 13 heteroatoms. The highest BCUT2D eigenvalue weighted by Crippen LogP contribution is 2.37. The number of hydrogen-bond donors (Lipinski definition) is 0. The molecule has 2 aliphatic rings. The maximum Gasteiger partial charge on any atom is 0.319 e. The van der Waals surface area contributed by atoms with E-state index in [1.807, 2.05) is 17.0 Å². The lowest BCUT2D eigenvalue weighted by Gasteiger charge is -2.39. The molecule has 3 aromatic heterocycles. The number of methoxy groups -OCH3 is 1. The second kappa shape index (κ2) is 13.9. The highest BCUT2D eigenvalue weighted by molar-refractivity contribution is 6.36. The first-order valence-electron chi connectivity index (χ1n) is 15.2. The van der Waals surface area contributed by atoms with E-state index in [1.54, 1.807) is 42.7 Å². The number of likely N-dealkylation sites (N-methyl/N-ethyl adjacent to an activating group) is 1. The van der Waals surface area contributed by atoms with Gasteiger partial charge in [0.2, 0.25) is 12.5 Å². The fourth-order valence-corrected chi connectivity index (χ4v) is 6.47. The number of aromatic nitrogens is 4. The number of amides is 1. The van der Waals surface area contributed by atoms with Crippen molar-refractivity contribution in [3.8, 4) is 17.3 Å². The van der Waals surface area contributed by atoms with E-state index in [9.17, 15) is 4.79 Å². The third-order valence-electron chi connectivity index (χ3n) is 8.60. The molecule has 1 amide bonds. The van der Waals surface area contributed by atoms with Crippen molar-refractivity contribution in [1.29, 1.82) is 0 Å². The molecule has 5 heterocycles. The van der Waals surface area contributed by atoms with Gasteiger partial charge in [0.1, 0.15) is 29.7 Å². The largest absolute Gasteiger partial charge is 0.462 e. The third kappa shape index (κ3) is 6.31. The number of carbonyl (C=O) groups is 1. The van der Waals surface area contributed by atoms with Gasteiger partial charge in [-0.3, -0.25) is 14.8 Å². The number of carbonyl (C=O) groups excluding carboxylic acids is 1. The second-order valence-electron chi connectivity index (χ2n) is 11.5. The lowest BCUT2D eigenvalue weighted by Crippen LogP contribution is -2.56. The van der Waals surface area contributed by atoms with Gasteiger partial charge in [-0.1, -0.05) is 29.8 Å². The minimum absolute atomic E-state index is 0.0515. The molecule has 0 unspecified atom stereocenters. The number of hydrogen-bond acceptors (Lipinski definition) is 9. The van der Waals surface area contributed by atoms with Crippen LogP contribution in [0.4, 0.5) is 10.2 Å². The standard InChI is InChI=1S/C33H34ClFN8O3/c1-36-16-23-19-42(12-13-43(23)27(44)10-6-14-45-3)32-25-18-38-30(24-17-37-15-21-7-4-9-26(34)28(21)24)29(35)31(25)39-33(40-32)46-20-22-8-5-11-41(22)2/h4,6-7,9-10,15,17-18,22-23H,5,8,11-14,16,19-20H2,2-3H3/b10-6+/t22-,23-/m0/s1. The van der Waals surface area contributed by atoms with E-state index in [-0.39, 0.29) is 35.7 Å². The van der Waals surface area contributed by atoms with Crippen LogP contribution in [-0.2, 0) is 9.53 Å². The first-order chi connectivity index (χ1) is 22.4. The molecule has 46 heavy (non-hydrogen) atoms. The Balaban J connectivity index is 1.41. The lowest BCUT2D eigenvalue weighted by molar-refractivity contribution is -0.128. The molecule has 0 spiro atoms. The van der Waals surface area contributed by atoms with Gasteiger partial charge in [-0.05, 0) is 32.5 Å². The van der Waals surface area contributed by atoms with E-state index in [0.717, 1.165) is 24.8 Å². The Bertz CT molecular complexity index is 1830. The van der Waals surface area contributed by atoms with Crippen molar-refractivity contribution in [3.05, 3.63) is 71.2 Å². The van der Waals surface area contributed by atoms with Crippen LogP contribution >= 0.6 is 11.6 Å². The zero-order valence-corrected chi connectivity index (χ0v) is 26.5. The molecule has 1 aromatic carbocycles. The number of likely N-dealkylation sites (tertiary alicyclic amines) is 1. The smallest absolute Gasteiger partial charge is 0.319 e. The normalized spacial score (nSPS) is 18.9. The van der Waals surface area contributed by atoms with E-state index in [4.69, 9.17) is 32.6 Å². The van der Waals surface area contributed by atoms with Crippen molar-refractivity contribution in [2.24, 2.45) is 0 Å². The summed E-state index contributed by atoms with van der Waals surface area (Å²) in [5.41, 5.74) is 0.564. The highest BCUT2D eigenvalue weighted by atomic mass is 35.5. The molecular weight excluding hydrogens is 611 g/mol. The Hall–Kier alpha value is -4.44. The lowest BCUT2D eigenvalue weighted by atomic mass is 10.0. The van der Waals surface area contributed by atoms with Crippen LogP contribution in [0.2, 0.25) is 5.02 Å². The van der Waals surface area contributed by atoms with Crippen molar-refractivity contribution < 1.29 is 18.7 Å². The number of anilines is 1. The molecule has 0 radical (unpaired) electrons. The zero-order chi connectivity index (χ0) is 32.2. The van der Waals surface area contributed by atoms with Gasteiger partial charge in [0, 0.05) is 78.8 Å². The van der Waals surface area contributed by atoms with E-state index in [2.05, 4.69) is 31.7 Å². The van der Waals surface area contributed by atoms with E-state index >= 15 is 4.39 Å². The van der Waals surface area contributed by atoms with Crippen LogP contribution in [0.3, 0.4) is 0 Å². The number of nitrogens with zero attached hydrogens (tertiary/aromatic N) is 8. The molecule has 4 aromatic rings. The average Bonchev–Trinajstić information content (AvgIpc) is 3.48. The van der Waals surface area contributed by atoms with Gasteiger partial charge in [-0.2, -0.15) is 9.97 Å². The summed E-state index contributed by atoms with van der Waals surface area (Å²) in [5.74, 6) is -0.404. The van der Waals surface area contributed by atoms with Gasteiger partial charge in [0.25, 0.3) is 0 Å². The van der Waals surface area contributed by atoms with Crippen LogP contribution in [0.1, 0.15) is 12.8 Å². The summed E-state index contributed by atoms with van der Waals surface area (Å²) in [7, 11) is 3.61. The molecule has 238 valence electrons. The van der Waals surface area contributed by atoms with Gasteiger partial charge >= 0.3 is 6.01 Å². The summed E-state index contributed by atoms with van der Waals surface area (Å²) < 4.78 is 27.8. The van der Waals surface area contributed by atoms with Gasteiger partial charge in [0.15, 0.2) is 5.82 Å². The SMILES string of the molecule is [C-]#[N+]C[C@H]1CN(c2nc(OC[C@@H]3CCCN3C)nc3c(F)c(-c4cncc5cccc(Cl)c45)ncc23)CCN1C(=O)/C=C/COC. The summed E-state index contributed by atoms with van der Waals surface area (Å²) in [6.45, 7) is 10.4. The molecule has 0 aliphatic carbocycles. The molecule has 2 saturated heterocycles. The Morgan fingerprint density at radius 1 is 1.20 bits per heavy atom. The Kier molecular flexibility index (Phi) is 9.53. The average molecular weight is 645 g/mol. The predicted octanol–water partition coefficient (Wildman–Crippen LogP) is 4.64. The number of fused-ring (bicyclic) bond motifs is 2. The number of benzene rings is 1. The Labute approximate surface area is 271 Å². The number of rotatable bonds is 9. The Morgan fingerprint density at radius 2 is 2.07 bits per heavy atom. The molecule has 2 atom stereocenters. The molecule has 6 rings (SSSR count). The molecule has 11 nitrogen and oxygen atoms in total. The second-order valence-corrected chi connectivity index (χ2v) is 11.9. The van der Waals surface area contributed by atoms with Crippen molar-refractivity contribution >= 4 is 45.0 Å². The van der Waals surface area contributed by atoms with Crippen molar-refractivity contribution in [2.75, 3.05) is 65.0 Å². The third-order valence-corrected chi connectivity index (χ3v) is 8.91. The summed E-state index contributed by atoms with van der Waals surface area (Å²) in [6.07, 6.45) is 9.96. The van der Waals surface area contributed by atoms with Gasteiger partial charge in [-0.15, -0.1) is 0 Å². The number of pyridine rings is 2. The zero-order valence-electron chi connectivity index (χ0n) is 25.7. The van der Waals surface area contributed by atoms with E-state index < -0.39 is 11.9 Å². The summed E-state index contributed by atoms with van der Waals surface area (Å²) in [5, 5.41) is 2.25. The van der Waals surface area contributed by atoms with E-state index in [1.165, 1.54) is 6.08 Å². The maximum atomic E-state index is 16.6. The van der Waals surface area contributed by atoms with Crippen LogP contribution in [-0.4, -0.2) is 108 Å². The Morgan fingerprint density at radius 3 is 2.85 bits per heavy atom. The van der Waals surface area contributed by atoms with Crippen molar-refractivity contribution in [2.45, 2.75) is 24.9 Å². The molecular formula is C33H34ClFN8O3. The topological polar surface area (TPSA) is 101 Å². The number of piperazine rings is 1. The molecule has 0 bridgehead atoms. The number of halogens is 2. The van der Waals surface area contributed by atoms with Crippen LogP contribution < -0.4 is 9.64 Å². The highest BCUT2D eigenvalue weighted by Gasteiger charge is 2.34. The fraction of sp³-hybridized carbons (Fsp3) is 0.394. The summed E-state index contributed by atoms with van der Waals surface area (Å²) >= 11 is 6.56. The maximum absolute atomic E-state index is 16.6. The predicted molar refractivity (Wildman–Crippen MR) is 174 cm³/mol. The molecule has 2 fully saturated rings. The summed E-state index contributed by atoms with van der Waals surface area (Å²) in [6, 6.07) is 5.27. The first kappa shape index (κ1) is 31.5. The summed E-state index contributed by atoms with van der Waals surface area (Å²) in [4.78, 5) is 40.6. The van der Waals surface area contributed by atoms with Crippen molar-refractivity contribution in [1.82, 2.24) is 29.7 Å². The van der Waals surface area contributed by atoms with Crippen LogP contribution in [0.5, 0.6) is 6.01 Å². The van der Waals surface area contributed by atoms with E-state index in [0.29, 0.717) is 60.0 Å². The first-order valence-corrected chi connectivity index (χ1v) is 15.5. The molecule has 2 aliphatic heterocycles. The molecule has 0 N–H and O–H groups in total. The van der Waals surface area contributed by atoms with Gasteiger partial charge < -0.3 is 29.0 Å².